The van der Waals surface area contributed by atoms with Gasteiger partial charge in [-0.3, -0.25) is 9.88 Å². The van der Waals surface area contributed by atoms with E-state index in [0.717, 1.165) is 67.3 Å². The maximum absolute atomic E-state index is 9.75. The Morgan fingerprint density at radius 3 is 2.56 bits per heavy atom. The number of ether oxygens (including phenoxy) is 1. The Morgan fingerprint density at radius 2 is 1.85 bits per heavy atom. The van der Waals surface area contributed by atoms with Crippen molar-refractivity contribution in [2.75, 3.05) is 39.4 Å². The minimum atomic E-state index is -0.0350. The van der Waals surface area contributed by atoms with Crippen molar-refractivity contribution >= 4 is 17.3 Å². The van der Waals surface area contributed by atoms with E-state index in [1.165, 1.54) is 5.56 Å². The highest BCUT2D eigenvalue weighted by atomic mass is 32.1. The lowest BCUT2D eigenvalue weighted by molar-refractivity contribution is 0.0350. The van der Waals surface area contributed by atoms with Gasteiger partial charge in [0.2, 0.25) is 0 Å². The van der Waals surface area contributed by atoms with E-state index in [1.54, 1.807) is 12.1 Å². The largest absolute Gasteiger partial charge is 0.508 e. The van der Waals surface area contributed by atoms with Gasteiger partial charge in [-0.15, -0.1) is 0 Å². The minimum absolute atomic E-state index is 0.0282. The van der Waals surface area contributed by atoms with Gasteiger partial charge in [-0.1, -0.05) is 6.07 Å². The summed E-state index contributed by atoms with van der Waals surface area (Å²) in [6.07, 6.45) is 1.84. The summed E-state index contributed by atoms with van der Waals surface area (Å²) in [5.41, 5.74) is 5.55. The van der Waals surface area contributed by atoms with Crippen LogP contribution in [0.1, 0.15) is 34.7 Å². The maximum Gasteiger partial charge on any atom is 0.170 e. The zero-order valence-electron chi connectivity index (χ0n) is 19.6. The molecule has 2 atom stereocenters. The summed E-state index contributed by atoms with van der Waals surface area (Å²) in [4.78, 5) is 9.44. The molecule has 5 rings (SSSR count). The van der Waals surface area contributed by atoms with E-state index in [-0.39, 0.29) is 17.8 Å². The van der Waals surface area contributed by atoms with Crippen molar-refractivity contribution < 1.29 is 9.84 Å². The summed E-state index contributed by atoms with van der Waals surface area (Å²) in [6.45, 7) is 9.54. The lowest BCUT2D eigenvalue weighted by Gasteiger charge is -2.32. The molecule has 2 saturated heterocycles. The Morgan fingerprint density at radius 1 is 1.09 bits per heavy atom. The maximum atomic E-state index is 9.75. The highest BCUT2D eigenvalue weighted by molar-refractivity contribution is 7.80. The van der Waals surface area contributed by atoms with Gasteiger partial charge < -0.3 is 24.6 Å². The smallest absolute Gasteiger partial charge is 0.170 e. The molecule has 4 heterocycles. The van der Waals surface area contributed by atoms with Crippen molar-refractivity contribution in [3.63, 3.8) is 0 Å². The second-order valence-corrected chi connectivity index (χ2v) is 9.34. The monoisotopic (exact) mass is 477 g/mol. The minimum Gasteiger partial charge on any atom is -0.508 e. The molecular weight excluding hydrogens is 446 g/mol. The van der Waals surface area contributed by atoms with Gasteiger partial charge in [-0.05, 0) is 74.1 Å². The second-order valence-electron chi connectivity index (χ2n) is 8.95. The lowest BCUT2D eigenvalue weighted by Crippen LogP contribution is -2.42. The predicted octanol–water partition coefficient (Wildman–Crippen LogP) is 3.50. The molecule has 7 nitrogen and oxygen atoms in total. The van der Waals surface area contributed by atoms with Gasteiger partial charge in [0.25, 0.3) is 0 Å². The number of morpholine rings is 1. The van der Waals surface area contributed by atoms with Gasteiger partial charge in [0.15, 0.2) is 5.11 Å². The Hall–Kier alpha value is -2.94. The first-order chi connectivity index (χ1) is 16.5. The summed E-state index contributed by atoms with van der Waals surface area (Å²) in [5, 5.41) is 14.1. The topological polar surface area (TPSA) is 65.8 Å². The highest BCUT2D eigenvalue weighted by Gasteiger charge is 2.41. The average Bonchev–Trinajstić information content (AvgIpc) is 3.34. The molecule has 8 heteroatoms. The number of hydrogen-bond acceptors (Lipinski definition) is 5. The number of aryl methyl sites for hydroxylation is 1. The summed E-state index contributed by atoms with van der Waals surface area (Å²) >= 11 is 5.86. The average molecular weight is 478 g/mol. The molecule has 2 fully saturated rings. The number of nitrogens with one attached hydrogen (secondary N) is 1. The van der Waals surface area contributed by atoms with Crippen LogP contribution in [0.5, 0.6) is 5.75 Å². The van der Waals surface area contributed by atoms with Crippen molar-refractivity contribution in [1.29, 1.82) is 0 Å². The van der Waals surface area contributed by atoms with Crippen molar-refractivity contribution in [2.45, 2.75) is 25.9 Å². The van der Waals surface area contributed by atoms with Crippen LogP contribution in [-0.2, 0) is 4.74 Å². The molecule has 0 amide bonds. The van der Waals surface area contributed by atoms with Crippen LogP contribution in [-0.4, -0.2) is 69.0 Å². The van der Waals surface area contributed by atoms with E-state index in [2.05, 4.69) is 50.6 Å². The number of aromatic hydroxyl groups is 1. The van der Waals surface area contributed by atoms with Crippen LogP contribution in [0.3, 0.4) is 0 Å². The Labute approximate surface area is 206 Å². The fourth-order valence-electron chi connectivity index (χ4n) is 5.14. The van der Waals surface area contributed by atoms with Crippen LogP contribution < -0.4 is 5.32 Å². The van der Waals surface area contributed by atoms with E-state index in [1.807, 2.05) is 30.5 Å². The molecule has 1 aromatic carbocycles. The van der Waals surface area contributed by atoms with Crippen molar-refractivity contribution in [1.82, 2.24) is 24.7 Å². The first kappa shape index (κ1) is 22.8. The lowest BCUT2D eigenvalue weighted by atomic mass is 9.96. The molecule has 2 aliphatic heterocycles. The van der Waals surface area contributed by atoms with E-state index in [9.17, 15) is 5.11 Å². The van der Waals surface area contributed by atoms with Crippen molar-refractivity contribution in [2.24, 2.45) is 0 Å². The van der Waals surface area contributed by atoms with Gasteiger partial charge in [0.05, 0.1) is 31.0 Å². The first-order valence-electron chi connectivity index (χ1n) is 11.8. The number of benzene rings is 1. The van der Waals surface area contributed by atoms with Crippen molar-refractivity contribution in [3.8, 4) is 11.4 Å². The number of phenols is 1. The quantitative estimate of drug-likeness (QED) is 0.527. The number of aromatic nitrogens is 2. The Kier molecular flexibility index (Phi) is 6.54. The van der Waals surface area contributed by atoms with Gasteiger partial charge in [0.1, 0.15) is 5.75 Å². The molecule has 0 saturated carbocycles. The number of phenolic OH excluding ortho intramolecular Hbond substituents is 1. The molecule has 2 aliphatic rings. The van der Waals surface area contributed by atoms with Crippen LogP contribution in [0.2, 0.25) is 0 Å². The summed E-state index contributed by atoms with van der Waals surface area (Å²) in [7, 11) is 0. The SMILES string of the molecule is Cc1cc([C@H]2[C@@H](c3ccccn3)NC(=S)N2CCN2CCOCC2)c(C)n1-c1ccc(O)cc1. The standard InChI is InChI=1S/C26H31N5O2S/c1-18-17-22(19(2)31(18)20-6-8-21(32)9-7-20)25-24(23-5-3-4-10-27-23)28-26(34)30(25)12-11-29-13-15-33-16-14-29/h3-10,17,24-25,32H,11-16H2,1-2H3,(H,28,34)/t24-,25+/m1/s1. The third-order valence-corrected chi connectivity index (χ3v) is 7.21. The fourth-order valence-corrected chi connectivity index (χ4v) is 5.48. The van der Waals surface area contributed by atoms with Crippen LogP contribution >= 0.6 is 12.2 Å². The summed E-state index contributed by atoms with van der Waals surface area (Å²) in [5.74, 6) is 0.265. The van der Waals surface area contributed by atoms with E-state index < -0.39 is 0 Å². The molecule has 2 N–H and O–H groups in total. The van der Waals surface area contributed by atoms with Gasteiger partial charge in [-0.25, -0.2) is 0 Å². The third kappa shape index (κ3) is 4.41. The number of pyridine rings is 1. The Balaban J connectivity index is 1.52. The zero-order valence-corrected chi connectivity index (χ0v) is 20.5. The molecule has 0 aliphatic carbocycles. The van der Waals surface area contributed by atoms with E-state index in [0.29, 0.717) is 0 Å². The summed E-state index contributed by atoms with van der Waals surface area (Å²) in [6, 6.07) is 15.6. The molecule has 0 bridgehead atoms. The molecule has 178 valence electrons. The normalized spacial score (nSPS) is 21.1. The third-order valence-electron chi connectivity index (χ3n) is 6.86. The van der Waals surface area contributed by atoms with Crippen molar-refractivity contribution in [3.05, 3.63) is 77.4 Å². The van der Waals surface area contributed by atoms with Crippen LogP contribution in [0, 0.1) is 13.8 Å². The summed E-state index contributed by atoms with van der Waals surface area (Å²) < 4.78 is 7.76. The van der Waals surface area contributed by atoms with Crippen LogP contribution in [0.15, 0.2) is 54.7 Å². The number of nitrogens with zero attached hydrogens (tertiary/aromatic N) is 4. The number of rotatable bonds is 6. The number of hydrogen-bond donors (Lipinski definition) is 2. The van der Waals surface area contributed by atoms with Gasteiger partial charge in [-0.2, -0.15) is 0 Å². The first-order valence-corrected chi connectivity index (χ1v) is 12.2. The van der Waals surface area contributed by atoms with Crippen LogP contribution in [0.4, 0.5) is 0 Å². The van der Waals surface area contributed by atoms with E-state index >= 15 is 0 Å². The molecule has 0 unspecified atom stereocenters. The predicted molar refractivity (Wildman–Crippen MR) is 136 cm³/mol. The second kappa shape index (κ2) is 9.74. The molecule has 2 aromatic heterocycles. The molecule has 3 aromatic rings. The molecular formula is C26H31N5O2S. The van der Waals surface area contributed by atoms with Crippen LogP contribution in [0.25, 0.3) is 5.69 Å². The number of thiocarbonyl (C=S) groups is 1. The Bertz CT molecular complexity index is 1140. The molecule has 0 spiro atoms. The highest BCUT2D eigenvalue weighted by Crippen LogP contribution is 2.41. The molecule has 0 radical (unpaired) electrons. The van der Waals surface area contributed by atoms with Gasteiger partial charge in [0, 0.05) is 49.5 Å². The molecule has 34 heavy (non-hydrogen) atoms. The van der Waals surface area contributed by atoms with Gasteiger partial charge >= 0.3 is 0 Å². The van der Waals surface area contributed by atoms with E-state index in [4.69, 9.17) is 17.0 Å². The zero-order chi connectivity index (χ0) is 23.7. The fraction of sp³-hybridized carbons (Fsp3) is 0.385.